The number of halogens is 2. The zero-order valence-corrected chi connectivity index (χ0v) is 18.1. The molecule has 31 heavy (non-hydrogen) atoms. The molecule has 3 rings (SSSR count). The molecule has 0 aliphatic carbocycles. The average molecular weight is 454 g/mol. The Morgan fingerprint density at radius 1 is 1.06 bits per heavy atom. The summed E-state index contributed by atoms with van der Waals surface area (Å²) >= 11 is 12.3. The Morgan fingerprint density at radius 3 is 2.23 bits per heavy atom. The van der Waals surface area contributed by atoms with E-state index in [1.54, 1.807) is 18.2 Å². The number of nitrogens with zero attached hydrogens (tertiary/aromatic N) is 2. The van der Waals surface area contributed by atoms with Crippen LogP contribution in [0, 0.1) is 25.2 Å². The van der Waals surface area contributed by atoms with Gasteiger partial charge in [0.05, 0.1) is 5.56 Å². The van der Waals surface area contributed by atoms with E-state index in [0.717, 1.165) is 17.1 Å². The molecule has 6 nitrogen and oxygen atoms in total. The second-order valence-electron chi connectivity index (χ2n) is 6.80. The van der Waals surface area contributed by atoms with Gasteiger partial charge in [0.25, 0.3) is 5.91 Å². The maximum absolute atomic E-state index is 12.6. The van der Waals surface area contributed by atoms with E-state index in [-0.39, 0.29) is 11.1 Å². The SMILES string of the molecule is Cc1cc(/C=C(\C#N)C(=O)Nc2ccc(C(=O)O)cc2)c(C)n1-c1cc(Cl)cc(Cl)c1. The van der Waals surface area contributed by atoms with Crippen molar-refractivity contribution >= 4 is 46.8 Å². The first-order chi connectivity index (χ1) is 14.7. The summed E-state index contributed by atoms with van der Waals surface area (Å²) in [6.45, 7) is 3.76. The lowest BCUT2D eigenvalue weighted by atomic mass is 10.1. The highest BCUT2D eigenvalue weighted by molar-refractivity contribution is 6.34. The van der Waals surface area contributed by atoms with Crippen molar-refractivity contribution in [2.45, 2.75) is 13.8 Å². The average Bonchev–Trinajstić information content (AvgIpc) is 2.98. The van der Waals surface area contributed by atoms with Gasteiger partial charge in [-0.1, -0.05) is 23.2 Å². The molecule has 1 aromatic heterocycles. The minimum Gasteiger partial charge on any atom is -0.478 e. The third kappa shape index (κ3) is 4.97. The first kappa shape index (κ1) is 22.2. The molecule has 0 bridgehead atoms. The Balaban J connectivity index is 1.91. The fourth-order valence-corrected chi connectivity index (χ4v) is 3.71. The number of hydrogen-bond acceptors (Lipinski definition) is 3. The minimum absolute atomic E-state index is 0.0910. The molecule has 1 amide bonds. The van der Waals surface area contributed by atoms with Crippen molar-refractivity contribution in [1.82, 2.24) is 4.57 Å². The Kier molecular flexibility index (Phi) is 6.50. The minimum atomic E-state index is -1.06. The predicted molar refractivity (Wildman–Crippen MR) is 121 cm³/mol. The molecule has 0 spiro atoms. The van der Waals surface area contributed by atoms with Crippen LogP contribution in [0.3, 0.4) is 0 Å². The van der Waals surface area contributed by atoms with Gasteiger partial charge in [-0.15, -0.1) is 0 Å². The molecular formula is C23H17Cl2N3O3. The number of aromatic carboxylic acids is 1. The van der Waals surface area contributed by atoms with E-state index in [9.17, 15) is 14.9 Å². The van der Waals surface area contributed by atoms with Gasteiger partial charge in [-0.05, 0) is 74.0 Å². The smallest absolute Gasteiger partial charge is 0.335 e. The normalized spacial score (nSPS) is 11.1. The van der Waals surface area contributed by atoms with Crippen LogP contribution >= 0.6 is 23.2 Å². The number of carboxylic acid groups (broad SMARTS) is 1. The Labute approximate surface area is 188 Å². The van der Waals surface area contributed by atoms with Crippen LogP contribution in [0.2, 0.25) is 10.0 Å². The number of nitrogens with one attached hydrogen (secondary N) is 1. The largest absolute Gasteiger partial charge is 0.478 e. The molecular weight excluding hydrogens is 437 g/mol. The van der Waals surface area contributed by atoms with Crippen molar-refractivity contribution in [3.63, 3.8) is 0 Å². The summed E-state index contributed by atoms with van der Waals surface area (Å²) < 4.78 is 1.93. The van der Waals surface area contributed by atoms with Crippen LogP contribution in [0.15, 0.2) is 54.1 Å². The van der Waals surface area contributed by atoms with Gasteiger partial charge in [-0.2, -0.15) is 5.26 Å². The second-order valence-corrected chi connectivity index (χ2v) is 7.67. The van der Waals surface area contributed by atoms with Gasteiger partial charge in [0.2, 0.25) is 0 Å². The van der Waals surface area contributed by atoms with Crippen LogP contribution in [-0.4, -0.2) is 21.6 Å². The summed E-state index contributed by atoms with van der Waals surface area (Å²) in [5, 5.41) is 22.1. The Hall–Kier alpha value is -3.53. The summed E-state index contributed by atoms with van der Waals surface area (Å²) in [6, 6.07) is 14.6. The molecule has 2 N–H and O–H groups in total. The number of hydrogen-bond donors (Lipinski definition) is 2. The Bertz CT molecular complexity index is 1230. The molecule has 0 aliphatic rings. The summed E-state index contributed by atoms with van der Waals surface area (Å²) in [6.07, 6.45) is 1.51. The summed E-state index contributed by atoms with van der Waals surface area (Å²) in [7, 11) is 0. The fourth-order valence-electron chi connectivity index (χ4n) is 3.20. The van der Waals surface area contributed by atoms with Gasteiger partial charge in [-0.3, -0.25) is 4.79 Å². The molecule has 3 aromatic rings. The zero-order chi connectivity index (χ0) is 22.7. The third-order valence-corrected chi connectivity index (χ3v) is 5.07. The van der Waals surface area contributed by atoms with Crippen LogP contribution in [0.1, 0.15) is 27.3 Å². The molecule has 0 atom stereocenters. The van der Waals surface area contributed by atoms with Crippen molar-refractivity contribution in [3.05, 3.63) is 86.7 Å². The monoisotopic (exact) mass is 453 g/mol. The summed E-state index contributed by atoms with van der Waals surface area (Å²) in [4.78, 5) is 23.5. The summed E-state index contributed by atoms with van der Waals surface area (Å²) in [5.74, 6) is -1.66. The van der Waals surface area contributed by atoms with E-state index in [1.165, 1.54) is 30.3 Å². The quantitative estimate of drug-likeness (QED) is 0.385. The predicted octanol–water partition coefficient (Wildman–Crippen LogP) is 5.64. The molecule has 8 heteroatoms. The molecule has 0 fully saturated rings. The Morgan fingerprint density at radius 2 is 1.68 bits per heavy atom. The highest BCUT2D eigenvalue weighted by Gasteiger charge is 2.15. The number of benzene rings is 2. The fraction of sp³-hybridized carbons (Fsp3) is 0.0870. The van der Waals surface area contributed by atoms with Crippen molar-refractivity contribution in [2.75, 3.05) is 5.32 Å². The zero-order valence-electron chi connectivity index (χ0n) is 16.6. The maximum atomic E-state index is 12.6. The van der Waals surface area contributed by atoms with Crippen molar-refractivity contribution in [1.29, 1.82) is 5.26 Å². The van der Waals surface area contributed by atoms with Crippen molar-refractivity contribution in [2.24, 2.45) is 0 Å². The molecule has 1 heterocycles. The number of rotatable bonds is 5. The van der Waals surface area contributed by atoms with Crippen LogP contribution in [0.4, 0.5) is 5.69 Å². The van der Waals surface area contributed by atoms with Gasteiger partial charge in [0.15, 0.2) is 0 Å². The summed E-state index contributed by atoms with van der Waals surface area (Å²) in [5.41, 5.74) is 3.55. The van der Waals surface area contributed by atoms with E-state index in [4.69, 9.17) is 28.3 Å². The molecule has 0 aliphatic heterocycles. The highest BCUT2D eigenvalue weighted by Crippen LogP contribution is 2.27. The number of nitriles is 1. The molecule has 0 radical (unpaired) electrons. The van der Waals surface area contributed by atoms with E-state index in [0.29, 0.717) is 21.3 Å². The van der Waals surface area contributed by atoms with E-state index < -0.39 is 11.9 Å². The van der Waals surface area contributed by atoms with Gasteiger partial charge in [0.1, 0.15) is 11.6 Å². The lowest BCUT2D eigenvalue weighted by molar-refractivity contribution is -0.112. The van der Waals surface area contributed by atoms with Gasteiger partial charge >= 0.3 is 5.97 Å². The van der Waals surface area contributed by atoms with Crippen molar-refractivity contribution < 1.29 is 14.7 Å². The number of aryl methyl sites for hydroxylation is 1. The second kappa shape index (κ2) is 9.09. The lowest BCUT2D eigenvalue weighted by Crippen LogP contribution is -2.13. The van der Waals surface area contributed by atoms with Crippen LogP contribution < -0.4 is 5.32 Å². The highest BCUT2D eigenvalue weighted by atomic mass is 35.5. The standard InChI is InChI=1S/C23H17Cl2N3O3/c1-13-7-16(14(2)28(13)21-10-18(24)9-19(25)11-21)8-17(12-26)22(29)27-20-5-3-15(4-6-20)23(30)31/h3-11H,1-2H3,(H,27,29)(H,30,31)/b17-8+. The number of carbonyl (C=O) groups excluding carboxylic acids is 1. The third-order valence-electron chi connectivity index (χ3n) is 4.63. The maximum Gasteiger partial charge on any atom is 0.335 e. The number of amides is 1. The van der Waals surface area contributed by atoms with E-state index in [2.05, 4.69) is 5.32 Å². The molecule has 0 saturated heterocycles. The number of anilines is 1. The van der Waals surface area contributed by atoms with Crippen LogP contribution in [0.5, 0.6) is 0 Å². The number of aromatic nitrogens is 1. The van der Waals surface area contributed by atoms with Crippen LogP contribution in [0.25, 0.3) is 11.8 Å². The van der Waals surface area contributed by atoms with E-state index >= 15 is 0 Å². The molecule has 0 unspecified atom stereocenters. The molecule has 156 valence electrons. The van der Waals surface area contributed by atoms with E-state index in [1.807, 2.05) is 30.6 Å². The first-order valence-corrected chi connectivity index (χ1v) is 9.87. The van der Waals surface area contributed by atoms with Crippen molar-refractivity contribution in [3.8, 4) is 11.8 Å². The van der Waals surface area contributed by atoms with Gasteiger partial charge < -0.3 is 15.0 Å². The topological polar surface area (TPSA) is 95.1 Å². The van der Waals surface area contributed by atoms with Gasteiger partial charge in [0, 0.05) is 32.8 Å². The molecule has 0 saturated carbocycles. The number of carbonyl (C=O) groups is 2. The first-order valence-electron chi connectivity index (χ1n) is 9.11. The van der Waals surface area contributed by atoms with Gasteiger partial charge in [-0.25, -0.2) is 4.79 Å². The molecule has 2 aromatic carbocycles. The van der Waals surface area contributed by atoms with Crippen LogP contribution in [-0.2, 0) is 4.79 Å². The lowest BCUT2D eigenvalue weighted by Gasteiger charge is -2.11. The number of carboxylic acids is 1.